The Morgan fingerprint density at radius 3 is 2.91 bits per heavy atom. The lowest BCUT2D eigenvalue weighted by atomic mass is 9.69. The summed E-state index contributed by atoms with van der Waals surface area (Å²) < 4.78 is 0. The van der Waals surface area contributed by atoms with Crippen molar-refractivity contribution in [1.82, 2.24) is 14.8 Å². The van der Waals surface area contributed by atoms with E-state index in [2.05, 4.69) is 39.3 Å². The van der Waals surface area contributed by atoms with E-state index in [9.17, 15) is 0 Å². The average molecular weight is 300 g/mol. The van der Waals surface area contributed by atoms with E-state index in [4.69, 9.17) is 0 Å². The molecule has 2 fully saturated rings. The third-order valence-corrected chi connectivity index (χ3v) is 6.16. The number of pyridine rings is 1. The van der Waals surface area contributed by atoms with Gasteiger partial charge in [-0.2, -0.15) is 0 Å². The molecule has 1 spiro atoms. The molecule has 0 amide bonds. The quantitative estimate of drug-likeness (QED) is 0.862. The molecule has 0 unspecified atom stereocenters. The third kappa shape index (κ3) is 2.52. The zero-order valence-corrected chi connectivity index (χ0v) is 13.7. The van der Waals surface area contributed by atoms with Gasteiger partial charge in [0.15, 0.2) is 0 Å². The van der Waals surface area contributed by atoms with E-state index in [0.29, 0.717) is 5.41 Å². The molecule has 0 bridgehead atoms. The number of nitrogens with zero attached hydrogens (tertiary/aromatic N) is 3. The molecule has 22 heavy (non-hydrogen) atoms. The van der Waals surface area contributed by atoms with Crippen LogP contribution in [0.25, 0.3) is 0 Å². The molecule has 0 atom stereocenters. The first-order valence-corrected chi connectivity index (χ1v) is 8.89. The second kappa shape index (κ2) is 5.82. The summed E-state index contributed by atoms with van der Waals surface area (Å²) in [5, 5.41) is 3.54. The number of hydrogen-bond acceptors (Lipinski definition) is 4. The summed E-state index contributed by atoms with van der Waals surface area (Å²) in [5.74, 6) is 1.14. The predicted octanol–water partition coefficient (Wildman–Crippen LogP) is 2.32. The first-order chi connectivity index (χ1) is 10.8. The maximum atomic E-state index is 4.51. The van der Waals surface area contributed by atoms with E-state index in [1.54, 1.807) is 0 Å². The van der Waals surface area contributed by atoms with Crippen molar-refractivity contribution in [2.24, 2.45) is 0 Å². The van der Waals surface area contributed by atoms with Crippen molar-refractivity contribution in [3.63, 3.8) is 0 Å². The van der Waals surface area contributed by atoms with Crippen molar-refractivity contribution in [2.75, 3.05) is 45.1 Å². The van der Waals surface area contributed by atoms with Crippen LogP contribution in [0.1, 0.15) is 37.7 Å². The summed E-state index contributed by atoms with van der Waals surface area (Å²) in [7, 11) is 2.26. The predicted molar refractivity (Wildman–Crippen MR) is 90.3 cm³/mol. The molecule has 1 aliphatic carbocycles. The van der Waals surface area contributed by atoms with Crippen LogP contribution in [-0.2, 0) is 5.41 Å². The smallest absolute Gasteiger partial charge is 0.129 e. The van der Waals surface area contributed by atoms with Gasteiger partial charge in [0.1, 0.15) is 5.82 Å². The molecule has 0 aromatic carbocycles. The minimum absolute atomic E-state index is 0.364. The van der Waals surface area contributed by atoms with Crippen molar-refractivity contribution < 1.29 is 0 Å². The van der Waals surface area contributed by atoms with Crippen molar-refractivity contribution in [3.8, 4) is 0 Å². The van der Waals surface area contributed by atoms with Crippen LogP contribution in [-0.4, -0.2) is 60.6 Å². The molecule has 1 saturated carbocycles. The standard InChI is InChI=1S/C18H28N4/c1-21-10-3-11-22(13-12-21)15-5-7-18(8-6-15)14-20-17-16(18)4-2-9-19-17/h2,4,9,15H,3,5-8,10-14H2,1H3,(H,19,20). The van der Waals surface area contributed by atoms with Crippen LogP contribution in [0.4, 0.5) is 5.82 Å². The first-order valence-electron chi connectivity index (χ1n) is 8.89. The fraction of sp³-hybridized carbons (Fsp3) is 0.722. The van der Waals surface area contributed by atoms with Crippen LogP contribution in [0.3, 0.4) is 0 Å². The van der Waals surface area contributed by atoms with Crippen molar-refractivity contribution >= 4 is 5.82 Å². The van der Waals surface area contributed by atoms with Crippen LogP contribution >= 0.6 is 0 Å². The lowest BCUT2D eigenvalue weighted by Crippen LogP contribution is -2.44. The lowest BCUT2D eigenvalue weighted by Gasteiger charge is -2.41. The summed E-state index contributed by atoms with van der Waals surface area (Å²) >= 11 is 0. The molecule has 1 aromatic rings. The van der Waals surface area contributed by atoms with Gasteiger partial charge < -0.3 is 10.2 Å². The summed E-state index contributed by atoms with van der Waals surface area (Å²) in [6.07, 6.45) is 8.56. The molecule has 120 valence electrons. The fourth-order valence-electron chi connectivity index (χ4n) is 4.72. The fourth-order valence-corrected chi connectivity index (χ4v) is 4.72. The van der Waals surface area contributed by atoms with Crippen molar-refractivity contribution in [1.29, 1.82) is 0 Å². The molecule has 0 radical (unpaired) electrons. The van der Waals surface area contributed by atoms with Gasteiger partial charge in [-0.3, -0.25) is 4.90 Å². The van der Waals surface area contributed by atoms with Crippen LogP contribution in [0.15, 0.2) is 18.3 Å². The van der Waals surface area contributed by atoms with E-state index >= 15 is 0 Å². The van der Waals surface area contributed by atoms with Gasteiger partial charge in [0.25, 0.3) is 0 Å². The molecule has 4 nitrogen and oxygen atoms in total. The Kier molecular flexibility index (Phi) is 3.82. The number of likely N-dealkylation sites (N-methyl/N-ethyl adjacent to an activating group) is 1. The Labute approximate surface area is 133 Å². The second-order valence-electron chi connectivity index (χ2n) is 7.46. The van der Waals surface area contributed by atoms with Crippen LogP contribution in [0, 0.1) is 0 Å². The van der Waals surface area contributed by atoms with Gasteiger partial charge in [0.2, 0.25) is 0 Å². The number of anilines is 1. The highest BCUT2D eigenvalue weighted by molar-refractivity contribution is 5.55. The highest BCUT2D eigenvalue weighted by atomic mass is 15.2. The van der Waals surface area contributed by atoms with Gasteiger partial charge in [-0.05, 0) is 58.3 Å². The topological polar surface area (TPSA) is 31.4 Å². The number of aromatic nitrogens is 1. The molecule has 3 aliphatic rings. The van der Waals surface area contributed by atoms with Gasteiger partial charge in [-0.25, -0.2) is 4.98 Å². The molecule has 1 aromatic heterocycles. The summed E-state index contributed by atoms with van der Waals surface area (Å²) in [5.41, 5.74) is 1.84. The van der Waals surface area contributed by atoms with Crippen LogP contribution < -0.4 is 5.32 Å². The van der Waals surface area contributed by atoms with Gasteiger partial charge >= 0.3 is 0 Å². The highest BCUT2D eigenvalue weighted by Gasteiger charge is 2.43. The third-order valence-electron chi connectivity index (χ3n) is 6.16. The van der Waals surface area contributed by atoms with Crippen molar-refractivity contribution in [2.45, 2.75) is 43.6 Å². The maximum Gasteiger partial charge on any atom is 0.129 e. The summed E-state index contributed by atoms with van der Waals surface area (Å²) in [6.45, 7) is 6.13. The second-order valence-corrected chi connectivity index (χ2v) is 7.46. The Balaban J connectivity index is 1.43. The van der Waals surface area contributed by atoms with Crippen LogP contribution in [0.5, 0.6) is 0 Å². The molecular weight excluding hydrogens is 272 g/mol. The Bertz CT molecular complexity index is 522. The van der Waals surface area contributed by atoms with E-state index in [-0.39, 0.29) is 0 Å². The number of nitrogens with one attached hydrogen (secondary N) is 1. The number of hydrogen-bond donors (Lipinski definition) is 1. The summed E-state index contributed by atoms with van der Waals surface area (Å²) in [6, 6.07) is 5.20. The van der Waals surface area contributed by atoms with E-state index in [1.807, 2.05) is 6.20 Å². The van der Waals surface area contributed by atoms with Gasteiger partial charge in [-0.15, -0.1) is 0 Å². The monoisotopic (exact) mass is 300 g/mol. The number of fused-ring (bicyclic) bond motifs is 2. The normalized spacial score (nSPS) is 33.4. The largest absolute Gasteiger partial charge is 0.369 e. The molecule has 2 aliphatic heterocycles. The SMILES string of the molecule is CN1CCCN(C2CCC3(CC2)CNc2ncccc23)CC1. The van der Waals surface area contributed by atoms with Crippen molar-refractivity contribution in [3.05, 3.63) is 23.9 Å². The molecule has 1 saturated heterocycles. The maximum absolute atomic E-state index is 4.51. The van der Waals surface area contributed by atoms with E-state index in [1.165, 1.54) is 63.8 Å². The summed E-state index contributed by atoms with van der Waals surface area (Å²) in [4.78, 5) is 9.76. The molecule has 3 heterocycles. The minimum atomic E-state index is 0.364. The minimum Gasteiger partial charge on any atom is -0.369 e. The molecule has 1 N–H and O–H groups in total. The van der Waals surface area contributed by atoms with Crippen LogP contribution in [0.2, 0.25) is 0 Å². The first kappa shape index (κ1) is 14.5. The van der Waals surface area contributed by atoms with E-state index < -0.39 is 0 Å². The molecule has 4 heteroatoms. The highest BCUT2D eigenvalue weighted by Crippen LogP contribution is 2.46. The zero-order valence-electron chi connectivity index (χ0n) is 13.7. The van der Waals surface area contributed by atoms with Gasteiger partial charge in [0.05, 0.1) is 0 Å². The number of rotatable bonds is 1. The van der Waals surface area contributed by atoms with E-state index in [0.717, 1.165) is 18.4 Å². The molecular formula is C18H28N4. The Hall–Kier alpha value is -1.13. The molecule has 4 rings (SSSR count). The lowest BCUT2D eigenvalue weighted by molar-refractivity contribution is 0.132. The van der Waals surface area contributed by atoms with Gasteiger partial charge in [0, 0.05) is 42.9 Å². The van der Waals surface area contributed by atoms with Gasteiger partial charge in [-0.1, -0.05) is 6.07 Å². The Morgan fingerprint density at radius 1 is 1.18 bits per heavy atom. The Morgan fingerprint density at radius 2 is 2.05 bits per heavy atom. The zero-order chi connectivity index (χ0) is 15.0. The average Bonchev–Trinajstić information content (AvgIpc) is 2.75.